The smallest absolute Gasteiger partial charge is 0.322 e. The first-order valence-corrected chi connectivity index (χ1v) is 9.45. The van der Waals surface area contributed by atoms with Crippen LogP contribution < -0.4 is 10.1 Å². The predicted octanol–water partition coefficient (Wildman–Crippen LogP) is 3.76. The van der Waals surface area contributed by atoms with Gasteiger partial charge in [-0.05, 0) is 53.1 Å². The molecule has 0 unspecified atom stereocenters. The Labute approximate surface area is 176 Å². The van der Waals surface area contributed by atoms with Crippen LogP contribution in [0.4, 0.5) is 4.39 Å². The van der Waals surface area contributed by atoms with E-state index in [1.807, 2.05) is 36.4 Å². The number of nitrogens with zero attached hydrogens (tertiary/aromatic N) is 1. The van der Waals surface area contributed by atoms with Crippen LogP contribution in [0.1, 0.15) is 16.2 Å². The maximum Gasteiger partial charge on any atom is 0.322 e. The molecule has 3 N–H and O–H groups in total. The van der Waals surface area contributed by atoms with Crippen LogP contribution in [0, 0.1) is 5.82 Å². The minimum atomic E-state index is -1.13. The van der Waals surface area contributed by atoms with Gasteiger partial charge in [-0.3, -0.25) is 9.59 Å². The molecule has 7 nitrogen and oxygen atoms in total. The Hall–Kier alpha value is -4.20. The Morgan fingerprint density at radius 1 is 1.03 bits per heavy atom. The molecule has 0 fully saturated rings. The van der Waals surface area contributed by atoms with Crippen molar-refractivity contribution in [1.29, 1.82) is 0 Å². The molecule has 0 aliphatic carbocycles. The highest BCUT2D eigenvalue weighted by Crippen LogP contribution is 2.27. The maximum atomic E-state index is 13.3. The molecule has 31 heavy (non-hydrogen) atoms. The highest BCUT2D eigenvalue weighted by molar-refractivity contribution is 5.96. The fourth-order valence-corrected chi connectivity index (χ4v) is 3.10. The van der Waals surface area contributed by atoms with Crippen molar-refractivity contribution in [2.45, 2.75) is 6.61 Å². The number of fused-ring (bicyclic) bond motifs is 1. The maximum absolute atomic E-state index is 13.3. The second-order valence-electron chi connectivity index (χ2n) is 6.84. The van der Waals surface area contributed by atoms with Gasteiger partial charge in [-0.15, -0.1) is 0 Å². The number of hydrogen-bond donors (Lipinski definition) is 3. The number of nitrogens with one attached hydrogen (secondary N) is 2. The number of carbonyl (C=O) groups is 2. The Morgan fingerprint density at radius 3 is 2.65 bits per heavy atom. The number of hydrogen-bond acceptors (Lipinski definition) is 4. The Kier molecular flexibility index (Phi) is 5.61. The average Bonchev–Trinajstić information content (AvgIpc) is 3.20. The lowest BCUT2D eigenvalue weighted by molar-refractivity contribution is -0.135. The summed E-state index contributed by atoms with van der Waals surface area (Å²) in [5.74, 6) is -1.35. The summed E-state index contributed by atoms with van der Waals surface area (Å²) in [6.45, 7) is -0.237. The molecule has 8 heteroatoms. The molecule has 0 spiro atoms. The average molecular weight is 419 g/mol. The number of amides is 1. The number of aromatic amines is 1. The molecule has 0 aliphatic rings. The zero-order chi connectivity index (χ0) is 21.8. The lowest BCUT2D eigenvalue weighted by Crippen LogP contribution is -2.29. The molecule has 0 atom stereocenters. The van der Waals surface area contributed by atoms with E-state index in [-0.39, 0.29) is 18.2 Å². The molecular weight excluding hydrogens is 401 g/mol. The molecule has 1 amide bonds. The molecule has 0 saturated carbocycles. The first-order chi connectivity index (χ1) is 15.0. The Balaban J connectivity index is 1.52. The van der Waals surface area contributed by atoms with Crippen molar-refractivity contribution in [1.82, 2.24) is 15.3 Å². The number of ether oxygens (including phenoxy) is 1. The van der Waals surface area contributed by atoms with Gasteiger partial charge in [-0.25, -0.2) is 9.37 Å². The molecule has 3 aromatic carbocycles. The third kappa shape index (κ3) is 4.87. The van der Waals surface area contributed by atoms with Gasteiger partial charge in [0, 0.05) is 0 Å². The summed E-state index contributed by atoms with van der Waals surface area (Å²) < 4.78 is 19.1. The molecule has 156 valence electrons. The number of H-pyrrole nitrogens is 1. The lowest BCUT2D eigenvalue weighted by atomic mass is 10.0. The minimum absolute atomic E-state index is 0.0422. The standard InChI is InChI=1S/C23H18FN3O4/c24-17-5-1-3-14(9-17)13-31-18-6-2-4-15(10-18)16-7-8-19-20(11-16)27-22(26-19)23(30)25-12-21(28)29/h1-11H,12-13H2,(H,25,30)(H,26,27)(H,28,29). The molecule has 1 aromatic heterocycles. The summed E-state index contributed by atoms with van der Waals surface area (Å²) in [6, 6.07) is 19.2. The van der Waals surface area contributed by atoms with Gasteiger partial charge in [0.05, 0.1) is 11.0 Å². The number of rotatable bonds is 7. The largest absolute Gasteiger partial charge is 0.489 e. The third-order valence-corrected chi connectivity index (χ3v) is 4.56. The van der Waals surface area contributed by atoms with Crippen LogP contribution in [0.15, 0.2) is 66.7 Å². The van der Waals surface area contributed by atoms with Crippen molar-refractivity contribution in [3.05, 3.63) is 83.9 Å². The molecule has 0 radical (unpaired) electrons. The van der Waals surface area contributed by atoms with Crippen molar-refractivity contribution in [2.24, 2.45) is 0 Å². The van der Waals surface area contributed by atoms with Crippen LogP contribution in [0.2, 0.25) is 0 Å². The molecule has 4 aromatic rings. The van der Waals surface area contributed by atoms with Crippen molar-refractivity contribution >= 4 is 22.9 Å². The van der Waals surface area contributed by atoms with Crippen LogP contribution in [0.5, 0.6) is 5.75 Å². The quantitative estimate of drug-likeness (QED) is 0.423. The van der Waals surface area contributed by atoms with Gasteiger partial charge in [-0.2, -0.15) is 0 Å². The number of carboxylic acids is 1. The van der Waals surface area contributed by atoms with Crippen LogP contribution >= 0.6 is 0 Å². The van der Waals surface area contributed by atoms with Crippen molar-refractivity contribution in [3.63, 3.8) is 0 Å². The normalized spacial score (nSPS) is 10.7. The number of carbonyl (C=O) groups excluding carboxylic acids is 1. The third-order valence-electron chi connectivity index (χ3n) is 4.56. The van der Waals surface area contributed by atoms with E-state index in [1.54, 1.807) is 18.2 Å². The van der Waals surface area contributed by atoms with E-state index in [0.29, 0.717) is 16.8 Å². The summed E-state index contributed by atoms with van der Waals surface area (Å²) in [7, 11) is 0. The van der Waals surface area contributed by atoms with Crippen molar-refractivity contribution < 1.29 is 23.8 Å². The van der Waals surface area contributed by atoms with Crippen molar-refractivity contribution in [2.75, 3.05) is 6.54 Å². The van der Waals surface area contributed by atoms with E-state index in [4.69, 9.17) is 9.84 Å². The monoisotopic (exact) mass is 419 g/mol. The Bertz CT molecular complexity index is 1270. The van der Waals surface area contributed by atoms with Crippen LogP contribution in [-0.2, 0) is 11.4 Å². The van der Waals surface area contributed by atoms with Crippen LogP contribution in [-0.4, -0.2) is 33.5 Å². The van der Waals surface area contributed by atoms with Gasteiger partial charge in [0.25, 0.3) is 5.91 Å². The molecule has 0 bridgehead atoms. The topological polar surface area (TPSA) is 104 Å². The molecule has 0 saturated heterocycles. The summed E-state index contributed by atoms with van der Waals surface area (Å²) in [5.41, 5.74) is 3.74. The van der Waals surface area contributed by atoms with E-state index < -0.39 is 18.4 Å². The van der Waals surface area contributed by atoms with Crippen LogP contribution in [0.25, 0.3) is 22.2 Å². The second kappa shape index (κ2) is 8.66. The zero-order valence-corrected chi connectivity index (χ0v) is 16.3. The molecule has 0 aliphatic heterocycles. The van der Waals surface area contributed by atoms with Gasteiger partial charge < -0.3 is 20.1 Å². The van der Waals surface area contributed by atoms with Gasteiger partial charge in [0.15, 0.2) is 5.82 Å². The van der Waals surface area contributed by atoms with E-state index in [2.05, 4.69) is 15.3 Å². The highest BCUT2D eigenvalue weighted by Gasteiger charge is 2.13. The first kappa shape index (κ1) is 20.1. The van der Waals surface area contributed by atoms with E-state index in [0.717, 1.165) is 16.7 Å². The minimum Gasteiger partial charge on any atom is -0.489 e. The van der Waals surface area contributed by atoms with E-state index >= 15 is 0 Å². The van der Waals surface area contributed by atoms with Crippen molar-refractivity contribution in [3.8, 4) is 16.9 Å². The Morgan fingerprint density at radius 2 is 1.84 bits per heavy atom. The molecule has 1 heterocycles. The number of halogens is 1. The lowest BCUT2D eigenvalue weighted by Gasteiger charge is -2.09. The van der Waals surface area contributed by atoms with Gasteiger partial charge in [0.2, 0.25) is 0 Å². The highest BCUT2D eigenvalue weighted by atomic mass is 19.1. The van der Waals surface area contributed by atoms with Gasteiger partial charge in [-0.1, -0.05) is 30.3 Å². The molecule has 4 rings (SSSR count). The predicted molar refractivity (Wildman–Crippen MR) is 112 cm³/mol. The second-order valence-corrected chi connectivity index (χ2v) is 6.84. The number of aromatic nitrogens is 2. The first-order valence-electron chi connectivity index (χ1n) is 9.45. The SMILES string of the molecule is O=C(O)CNC(=O)c1nc2ccc(-c3cccc(OCc4cccc(F)c4)c3)cc2[nH]1. The number of benzene rings is 3. The van der Waals surface area contributed by atoms with Gasteiger partial charge in [0.1, 0.15) is 24.7 Å². The summed E-state index contributed by atoms with van der Waals surface area (Å²) in [5, 5.41) is 10.9. The van der Waals surface area contributed by atoms with E-state index in [1.165, 1.54) is 12.1 Å². The number of carboxylic acid groups (broad SMARTS) is 1. The fraction of sp³-hybridized carbons (Fsp3) is 0.0870. The zero-order valence-electron chi connectivity index (χ0n) is 16.3. The fourth-order valence-electron chi connectivity index (χ4n) is 3.10. The number of imidazole rings is 1. The number of aliphatic carboxylic acids is 1. The summed E-state index contributed by atoms with van der Waals surface area (Å²) >= 11 is 0. The van der Waals surface area contributed by atoms with E-state index in [9.17, 15) is 14.0 Å². The van der Waals surface area contributed by atoms with Crippen LogP contribution in [0.3, 0.4) is 0 Å². The molecular formula is C23H18FN3O4. The van der Waals surface area contributed by atoms with Gasteiger partial charge >= 0.3 is 5.97 Å². The summed E-state index contributed by atoms with van der Waals surface area (Å²) in [4.78, 5) is 29.7. The summed E-state index contributed by atoms with van der Waals surface area (Å²) in [6.07, 6.45) is 0.